The van der Waals surface area contributed by atoms with E-state index in [-0.39, 0.29) is 17.9 Å². The lowest BCUT2D eigenvalue weighted by Crippen LogP contribution is -2.45. The van der Waals surface area contributed by atoms with Crippen molar-refractivity contribution in [3.63, 3.8) is 0 Å². The minimum absolute atomic E-state index is 0.108. The lowest BCUT2D eigenvalue weighted by molar-refractivity contribution is 0.0294. The number of carbonyl (C=O) groups excluding carboxylic acids is 1. The summed E-state index contributed by atoms with van der Waals surface area (Å²) in [7, 11) is 0. The molecule has 2 unspecified atom stereocenters. The van der Waals surface area contributed by atoms with E-state index in [1.807, 2.05) is 6.92 Å². The summed E-state index contributed by atoms with van der Waals surface area (Å²) < 4.78 is 0. The molecule has 1 aromatic heterocycles. The van der Waals surface area contributed by atoms with Crippen LogP contribution >= 0.6 is 0 Å². The Labute approximate surface area is 93.4 Å². The summed E-state index contributed by atoms with van der Waals surface area (Å²) in [6, 6.07) is 1.53. The Morgan fingerprint density at radius 2 is 2.50 bits per heavy atom. The third kappa shape index (κ3) is 2.01. The number of aliphatic hydroxyl groups is 1. The molecule has 2 atom stereocenters. The first-order chi connectivity index (χ1) is 7.58. The molecular weight excluding hydrogens is 208 g/mol. The maximum absolute atomic E-state index is 12.0. The van der Waals surface area contributed by atoms with E-state index in [1.165, 1.54) is 6.07 Å². The predicted molar refractivity (Wildman–Crippen MR) is 58.7 cm³/mol. The van der Waals surface area contributed by atoms with Gasteiger partial charge in [0.25, 0.3) is 5.91 Å². The molecule has 88 valence electrons. The minimum Gasteiger partial charge on any atom is -0.393 e. The normalized spacial score (nSPS) is 25.8. The van der Waals surface area contributed by atoms with Crippen LogP contribution in [0.1, 0.15) is 23.8 Å². The Balaban J connectivity index is 2.06. The SMILES string of the molecule is CC1CN(C(=O)c2cc(N)n[nH]2)CCC1O. The van der Waals surface area contributed by atoms with Gasteiger partial charge in [0.05, 0.1) is 6.10 Å². The number of hydrogen-bond acceptors (Lipinski definition) is 4. The second-order valence-corrected chi connectivity index (χ2v) is 4.29. The highest BCUT2D eigenvalue weighted by Crippen LogP contribution is 2.18. The lowest BCUT2D eigenvalue weighted by Gasteiger charge is -2.34. The Hall–Kier alpha value is -1.56. The van der Waals surface area contributed by atoms with Crippen LogP contribution in [0.25, 0.3) is 0 Å². The lowest BCUT2D eigenvalue weighted by atomic mass is 9.96. The van der Waals surface area contributed by atoms with E-state index < -0.39 is 0 Å². The highest BCUT2D eigenvalue weighted by molar-refractivity contribution is 5.93. The number of piperidine rings is 1. The Kier molecular flexibility index (Phi) is 2.82. The van der Waals surface area contributed by atoms with Gasteiger partial charge in [-0.25, -0.2) is 0 Å². The van der Waals surface area contributed by atoms with Gasteiger partial charge in [0.2, 0.25) is 0 Å². The smallest absolute Gasteiger partial charge is 0.271 e. The fraction of sp³-hybridized carbons (Fsp3) is 0.600. The standard InChI is InChI=1S/C10H16N4O2/c1-6-5-14(3-2-8(6)15)10(16)7-4-9(11)13-12-7/h4,6,8,15H,2-3,5H2,1H3,(H3,11,12,13). The average molecular weight is 224 g/mol. The van der Waals surface area contributed by atoms with Crippen LogP contribution in [0, 0.1) is 5.92 Å². The molecule has 1 saturated heterocycles. The molecule has 0 aromatic carbocycles. The second kappa shape index (κ2) is 4.13. The molecule has 16 heavy (non-hydrogen) atoms. The molecule has 0 spiro atoms. The zero-order valence-electron chi connectivity index (χ0n) is 9.18. The number of nitrogens with one attached hydrogen (secondary N) is 1. The first-order valence-corrected chi connectivity index (χ1v) is 5.36. The molecule has 6 nitrogen and oxygen atoms in total. The van der Waals surface area contributed by atoms with E-state index in [0.29, 0.717) is 31.0 Å². The number of nitrogens with two attached hydrogens (primary N) is 1. The van der Waals surface area contributed by atoms with Crippen molar-refractivity contribution in [2.24, 2.45) is 5.92 Å². The van der Waals surface area contributed by atoms with Crippen molar-refractivity contribution >= 4 is 11.7 Å². The average Bonchev–Trinajstić information content (AvgIpc) is 2.68. The Morgan fingerprint density at radius 1 is 1.75 bits per heavy atom. The molecule has 2 rings (SSSR count). The molecule has 0 radical (unpaired) electrons. The Morgan fingerprint density at radius 3 is 3.06 bits per heavy atom. The molecule has 1 aliphatic rings. The van der Waals surface area contributed by atoms with Crippen molar-refractivity contribution in [2.45, 2.75) is 19.4 Å². The summed E-state index contributed by atoms with van der Waals surface area (Å²) >= 11 is 0. The van der Waals surface area contributed by atoms with Gasteiger partial charge >= 0.3 is 0 Å². The van der Waals surface area contributed by atoms with Crippen LogP contribution in [0.5, 0.6) is 0 Å². The highest BCUT2D eigenvalue weighted by Gasteiger charge is 2.28. The summed E-state index contributed by atoms with van der Waals surface area (Å²) in [5.74, 6) is 0.314. The number of anilines is 1. The van der Waals surface area contributed by atoms with Crippen LogP contribution in [0.3, 0.4) is 0 Å². The second-order valence-electron chi connectivity index (χ2n) is 4.29. The zero-order chi connectivity index (χ0) is 11.7. The van der Waals surface area contributed by atoms with Crippen LogP contribution in [0.15, 0.2) is 6.07 Å². The van der Waals surface area contributed by atoms with Crippen LogP contribution in [-0.2, 0) is 0 Å². The third-order valence-corrected chi connectivity index (χ3v) is 2.98. The number of nitrogens with zero attached hydrogens (tertiary/aromatic N) is 2. The molecule has 0 bridgehead atoms. The molecule has 2 heterocycles. The summed E-state index contributed by atoms with van der Waals surface area (Å²) in [6.07, 6.45) is 0.312. The minimum atomic E-state index is -0.309. The number of aliphatic hydroxyl groups excluding tert-OH is 1. The molecule has 1 amide bonds. The molecule has 1 aliphatic heterocycles. The predicted octanol–water partition coefficient (Wildman–Crippen LogP) is -0.165. The quantitative estimate of drug-likeness (QED) is 0.617. The number of aromatic amines is 1. The van der Waals surface area contributed by atoms with Crippen LogP contribution in [0.4, 0.5) is 5.82 Å². The van der Waals surface area contributed by atoms with Gasteiger partial charge in [-0.2, -0.15) is 5.10 Å². The molecule has 0 saturated carbocycles. The van der Waals surface area contributed by atoms with Gasteiger partial charge in [-0.3, -0.25) is 9.89 Å². The third-order valence-electron chi connectivity index (χ3n) is 2.98. The molecule has 6 heteroatoms. The molecule has 1 aromatic rings. The number of aromatic nitrogens is 2. The van der Waals surface area contributed by atoms with Crippen molar-refractivity contribution in [2.75, 3.05) is 18.8 Å². The van der Waals surface area contributed by atoms with Crippen molar-refractivity contribution in [3.05, 3.63) is 11.8 Å². The number of H-pyrrole nitrogens is 1. The van der Waals surface area contributed by atoms with Crippen LogP contribution in [-0.4, -0.2) is 45.3 Å². The van der Waals surface area contributed by atoms with E-state index >= 15 is 0 Å². The van der Waals surface area contributed by atoms with Crippen LogP contribution < -0.4 is 5.73 Å². The fourth-order valence-electron chi connectivity index (χ4n) is 1.93. The number of carbonyl (C=O) groups is 1. The summed E-state index contributed by atoms with van der Waals surface area (Å²) in [5.41, 5.74) is 5.85. The van der Waals surface area contributed by atoms with Gasteiger partial charge in [0, 0.05) is 19.2 Å². The van der Waals surface area contributed by atoms with Crippen molar-refractivity contribution in [1.29, 1.82) is 0 Å². The number of amides is 1. The molecular formula is C10H16N4O2. The Bertz CT molecular complexity index is 390. The highest BCUT2D eigenvalue weighted by atomic mass is 16.3. The van der Waals surface area contributed by atoms with Crippen molar-refractivity contribution in [3.8, 4) is 0 Å². The monoisotopic (exact) mass is 224 g/mol. The number of likely N-dealkylation sites (tertiary alicyclic amines) is 1. The van der Waals surface area contributed by atoms with Gasteiger partial charge in [-0.15, -0.1) is 0 Å². The van der Waals surface area contributed by atoms with E-state index in [2.05, 4.69) is 10.2 Å². The van der Waals surface area contributed by atoms with Gasteiger partial charge < -0.3 is 15.7 Å². The summed E-state index contributed by atoms with van der Waals surface area (Å²) in [4.78, 5) is 13.7. The first kappa shape index (κ1) is 10.9. The van der Waals surface area contributed by atoms with E-state index in [9.17, 15) is 9.90 Å². The van der Waals surface area contributed by atoms with Crippen molar-refractivity contribution < 1.29 is 9.90 Å². The largest absolute Gasteiger partial charge is 0.393 e. The first-order valence-electron chi connectivity index (χ1n) is 5.36. The molecule has 1 fully saturated rings. The van der Waals surface area contributed by atoms with Gasteiger partial charge in [0.15, 0.2) is 0 Å². The number of rotatable bonds is 1. The van der Waals surface area contributed by atoms with Gasteiger partial charge in [-0.1, -0.05) is 6.92 Å². The summed E-state index contributed by atoms with van der Waals surface area (Å²) in [6.45, 7) is 3.08. The topological polar surface area (TPSA) is 95.2 Å². The summed E-state index contributed by atoms with van der Waals surface area (Å²) in [5, 5.41) is 15.9. The fourth-order valence-corrected chi connectivity index (χ4v) is 1.93. The van der Waals surface area contributed by atoms with E-state index in [0.717, 1.165) is 0 Å². The van der Waals surface area contributed by atoms with Gasteiger partial charge in [0.1, 0.15) is 11.5 Å². The van der Waals surface area contributed by atoms with E-state index in [4.69, 9.17) is 5.73 Å². The van der Waals surface area contributed by atoms with Crippen molar-refractivity contribution in [1.82, 2.24) is 15.1 Å². The molecule has 4 N–H and O–H groups in total. The molecule has 0 aliphatic carbocycles. The maximum Gasteiger partial charge on any atom is 0.271 e. The maximum atomic E-state index is 12.0. The van der Waals surface area contributed by atoms with E-state index in [1.54, 1.807) is 4.90 Å². The number of hydrogen-bond donors (Lipinski definition) is 3. The number of nitrogen functional groups attached to an aromatic ring is 1. The zero-order valence-corrected chi connectivity index (χ0v) is 9.18. The van der Waals surface area contributed by atoms with Crippen LogP contribution in [0.2, 0.25) is 0 Å². The van der Waals surface area contributed by atoms with Gasteiger partial charge in [-0.05, 0) is 12.3 Å².